The topological polar surface area (TPSA) is 84.6 Å². The fourth-order valence-electron chi connectivity index (χ4n) is 4.95. The quantitative estimate of drug-likeness (QED) is 0.198. The van der Waals surface area contributed by atoms with Crippen LogP contribution in [0.1, 0.15) is 37.8 Å². The van der Waals surface area contributed by atoms with Crippen molar-refractivity contribution in [2.75, 3.05) is 17.2 Å². The Balaban J connectivity index is 1.09. The maximum atomic E-state index is 12.7. The number of aryl methyl sites for hydroxylation is 2. The van der Waals surface area contributed by atoms with Crippen LogP contribution in [-0.2, 0) is 12.8 Å². The summed E-state index contributed by atoms with van der Waals surface area (Å²) >= 11 is 1.60. The van der Waals surface area contributed by atoms with Gasteiger partial charge in [0.2, 0.25) is 0 Å². The number of ether oxygens (including phenoxy) is 1. The van der Waals surface area contributed by atoms with Gasteiger partial charge in [-0.05, 0) is 74.1 Å². The molecular formula is C32H33F3N6O2S. The molecule has 4 aromatic rings. The molecule has 12 heteroatoms. The molecule has 0 saturated carbocycles. The average Bonchev–Trinajstić information content (AvgIpc) is 3.67. The Hall–Kier alpha value is -4.32. The summed E-state index contributed by atoms with van der Waals surface area (Å²) in [5, 5.41) is 8.20. The Morgan fingerprint density at radius 2 is 1.84 bits per heavy atom. The predicted octanol–water partition coefficient (Wildman–Crippen LogP) is 7.43. The monoisotopic (exact) mass is 622 g/mol. The summed E-state index contributed by atoms with van der Waals surface area (Å²) in [5.74, 6) is 1.10. The Morgan fingerprint density at radius 1 is 1.09 bits per heavy atom. The minimum Gasteiger partial charge on any atom is -0.406 e. The Bertz CT molecular complexity index is 1590. The smallest absolute Gasteiger partial charge is 0.406 e. The molecule has 0 spiro atoms. The zero-order valence-electron chi connectivity index (χ0n) is 24.4. The van der Waals surface area contributed by atoms with Crippen LogP contribution in [0.25, 0.3) is 17.1 Å². The maximum Gasteiger partial charge on any atom is 0.573 e. The second-order valence-electron chi connectivity index (χ2n) is 10.4. The van der Waals surface area contributed by atoms with Crippen LogP contribution in [-0.4, -0.2) is 50.7 Å². The van der Waals surface area contributed by atoms with Crippen molar-refractivity contribution in [3.05, 3.63) is 90.3 Å². The highest BCUT2D eigenvalue weighted by Gasteiger charge is 2.31. The third-order valence-corrected chi connectivity index (χ3v) is 8.11. The number of hydrogen-bond acceptors (Lipinski definition) is 5. The van der Waals surface area contributed by atoms with Gasteiger partial charge in [0.1, 0.15) is 12.1 Å². The number of nitrogens with one attached hydrogen (secondary N) is 1. The molecule has 2 amide bonds. The number of anilines is 1. The zero-order valence-corrected chi connectivity index (χ0v) is 25.2. The summed E-state index contributed by atoms with van der Waals surface area (Å²) in [6, 6.07) is 21.3. The van der Waals surface area contributed by atoms with E-state index in [2.05, 4.69) is 49.1 Å². The van der Waals surface area contributed by atoms with Crippen molar-refractivity contribution in [3.8, 4) is 22.8 Å². The minimum absolute atomic E-state index is 0.0174. The van der Waals surface area contributed by atoms with Crippen molar-refractivity contribution in [2.24, 2.45) is 4.99 Å². The number of rotatable bonds is 10. The average molecular weight is 623 g/mol. The number of aliphatic imine (C=N–C) groups is 1. The number of nitrogens with zero attached hydrogens (tertiary/aromatic N) is 5. The first-order valence-corrected chi connectivity index (χ1v) is 15.4. The highest BCUT2D eigenvalue weighted by atomic mass is 32.2. The van der Waals surface area contributed by atoms with Crippen molar-refractivity contribution < 1.29 is 22.7 Å². The lowest BCUT2D eigenvalue weighted by atomic mass is 10.0. The molecule has 0 aliphatic carbocycles. The van der Waals surface area contributed by atoms with Crippen molar-refractivity contribution in [3.63, 3.8) is 0 Å². The van der Waals surface area contributed by atoms with Gasteiger partial charge in [-0.25, -0.2) is 14.5 Å². The molecular weight excluding hydrogens is 589 g/mol. The first-order valence-electron chi connectivity index (χ1n) is 14.4. The number of alkyl halides is 3. The number of aromatic nitrogens is 3. The summed E-state index contributed by atoms with van der Waals surface area (Å²) in [5.41, 5.74) is 4.89. The largest absolute Gasteiger partial charge is 0.573 e. The highest BCUT2D eigenvalue weighted by molar-refractivity contribution is 8.14. The van der Waals surface area contributed by atoms with E-state index in [0.29, 0.717) is 11.5 Å². The predicted molar refractivity (Wildman–Crippen MR) is 167 cm³/mol. The SMILES string of the molecule is CCc1ccccc1N1CCS/C1=N\C(=O)NC(C)CCCc1ccc(-c2ncn(-c3ccc(OC(F)(F)F)cc3)n2)cc1. The number of urea groups is 1. The van der Waals surface area contributed by atoms with E-state index in [4.69, 9.17) is 0 Å². The van der Waals surface area contributed by atoms with Gasteiger partial charge < -0.3 is 15.0 Å². The van der Waals surface area contributed by atoms with E-state index in [1.54, 1.807) is 11.8 Å². The number of halogens is 3. The third-order valence-electron chi connectivity index (χ3n) is 7.15. The summed E-state index contributed by atoms with van der Waals surface area (Å²) in [6.07, 6.45) is 0.242. The molecule has 1 aliphatic heterocycles. The van der Waals surface area contributed by atoms with Gasteiger partial charge in [-0.2, -0.15) is 4.99 Å². The lowest BCUT2D eigenvalue weighted by molar-refractivity contribution is -0.274. The molecule has 44 heavy (non-hydrogen) atoms. The Kier molecular flexibility index (Phi) is 9.89. The molecule has 1 N–H and O–H groups in total. The lowest BCUT2D eigenvalue weighted by Crippen LogP contribution is -2.33. The Labute approximate surface area is 258 Å². The fourth-order valence-corrected chi connectivity index (χ4v) is 5.90. The first kappa shape index (κ1) is 31.1. The van der Waals surface area contributed by atoms with Gasteiger partial charge >= 0.3 is 12.4 Å². The number of amidine groups is 1. The molecule has 5 rings (SSSR count). The zero-order chi connectivity index (χ0) is 31.1. The van der Waals surface area contributed by atoms with Gasteiger partial charge in [-0.15, -0.1) is 18.3 Å². The fraction of sp³-hybridized carbons (Fsp3) is 0.312. The number of benzene rings is 3. The van der Waals surface area contributed by atoms with Gasteiger partial charge in [0.05, 0.1) is 5.69 Å². The number of carbonyl (C=O) groups is 1. The van der Waals surface area contributed by atoms with Crippen molar-refractivity contribution in [1.82, 2.24) is 20.1 Å². The van der Waals surface area contributed by atoms with Crippen LogP contribution in [0.2, 0.25) is 0 Å². The van der Waals surface area contributed by atoms with Gasteiger partial charge in [0, 0.05) is 29.6 Å². The van der Waals surface area contributed by atoms with Crippen LogP contribution in [0.5, 0.6) is 5.75 Å². The summed E-state index contributed by atoms with van der Waals surface area (Å²) in [6.45, 7) is 4.95. The van der Waals surface area contributed by atoms with Crippen LogP contribution in [0.3, 0.4) is 0 Å². The van der Waals surface area contributed by atoms with Crippen LogP contribution in [0.15, 0.2) is 84.1 Å². The van der Waals surface area contributed by atoms with Crippen LogP contribution in [0.4, 0.5) is 23.7 Å². The number of carbonyl (C=O) groups excluding carboxylic acids is 1. The van der Waals surface area contributed by atoms with Gasteiger partial charge in [0.25, 0.3) is 0 Å². The molecule has 1 aliphatic rings. The number of hydrogen-bond donors (Lipinski definition) is 1. The second-order valence-corrected chi connectivity index (χ2v) is 11.4. The number of thioether (sulfide) groups is 1. The summed E-state index contributed by atoms with van der Waals surface area (Å²) in [7, 11) is 0. The molecule has 0 bridgehead atoms. The van der Waals surface area contributed by atoms with Crippen molar-refractivity contribution >= 4 is 28.6 Å². The minimum atomic E-state index is -4.74. The van der Waals surface area contributed by atoms with Crippen LogP contribution in [0, 0.1) is 0 Å². The molecule has 8 nitrogen and oxygen atoms in total. The summed E-state index contributed by atoms with van der Waals surface area (Å²) in [4.78, 5) is 23.6. The van der Waals surface area contributed by atoms with E-state index in [0.717, 1.165) is 60.0 Å². The van der Waals surface area contributed by atoms with Gasteiger partial charge in [-0.3, -0.25) is 0 Å². The standard InChI is InChI=1S/C32H33F3N6O2S/c1-3-24-9-4-5-10-28(24)40-19-20-44-31(40)38-30(42)37-22(2)7-6-8-23-11-13-25(14-12-23)29-36-21-41(39-29)26-15-17-27(18-16-26)43-32(33,34)35/h4-5,9-18,21-22H,3,6-8,19-20H2,1-2H3,(H,37,42)/b38-31-. The van der Waals surface area contributed by atoms with E-state index in [1.165, 1.54) is 40.8 Å². The molecule has 1 aromatic heterocycles. The van der Waals surface area contributed by atoms with Gasteiger partial charge in [0.15, 0.2) is 11.0 Å². The lowest BCUT2D eigenvalue weighted by Gasteiger charge is -2.21. The van der Waals surface area contributed by atoms with Gasteiger partial charge in [-0.1, -0.05) is 61.2 Å². The Morgan fingerprint density at radius 3 is 2.57 bits per heavy atom. The van der Waals surface area contributed by atoms with Crippen molar-refractivity contribution in [2.45, 2.75) is 51.9 Å². The van der Waals surface area contributed by atoms with E-state index >= 15 is 0 Å². The summed E-state index contributed by atoms with van der Waals surface area (Å²) < 4.78 is 42.6. The molecule has 3 aromatic carbocycles. The van der Waals surface area contributed by atoms with E-state index < -0.39 is 6.36 Å². The van der Waals surface area contributed by atoms with E-state index in [9.17, 15) is 18.0 Å². The normalized spacial score (nSPS) is 15.0. The highest BCUT2D eigenvalue weighted by Crippen LogP contribution is 2.29. The number of para-hydroxylation sites is 1. The van der Waals surface area contributed by atoms with E-state index in [1.807, 2.05) is 43.3 Å². The molecule has 230 valence electrons. The molecule has 1 saturated heterocycles. The number of amides is 2. The third kappa shape index (κ3) is 8.19. The molecule has 1 atom stereocenters. The second kappa shape index (κ2) is 14.0. The first-order chi connectivity index (χ1) is 21.2. The van der Waals surface area contributed by atoms with Crippen molar-refractivity contribution in [1.29, 1.82) is 0 Å². The molecule has 1 unspecified atom stereocenters. The molecule has 2 heterocycles. The molecule has 1 fully saturated rings. The maximum absolute atomic E-state index is 12.7. The van der Waals surface area contributed by atoms with Crippen LogP contribution >= 0.6 is 11.8 Å². The van der Waals surface area contributed by atoms with Crippen LogP contribution < -0.4 is 15.0 Å². The molecule has 0 radical (unpaired) electrons. The van der Waals surface area contributed by atoms with E-state index in [-0.39, 0.29) is 17.8 Å².